The highest BCUT2D eigenvalue weighted by molar-refractivity contribution is 5.52. The van der Waals surface area contributed by atoms with Crippen LogP contribution >= 0.6 is 0 Å². The highest BCUT2D eigenvalue weighted by Crippen LogP contribution is 2.25. The average molecular weight is 235 g/mol. The van der Waals surface area contributed by atoms with Crippen LogP contribution in [-0.4, -0.2) is 37.8 Å². The number of rotatable bonds is 4. The molecular formula is C13H21N3O. The smallest absolute Gasteiger partial charge is 0.171 e. The first-order valence-corrected chi connectivity index (χ1v) is 6.45. The van der Waals surface area contributed by atoms with Crippen LogP contribution in [0.15, 0.2) is 18.3 Å². The Labute approximate surface area is 103 Å². The lowest BCUT2D eigenvalue weighted by molar-refractivity contribution is 0.316. The SMILES string of the molecule is CCCOc1cccnc1N1CCCNCC1. The van der Waals surface area contributed by atoms with Crippen LogP contribution in [0.3, 0.4) is 0 Å². The zero-order chi connectivity index (χ0) is 11.9. The fourth-order valence-corrected chi connectivity index (χ4v) is 2.00. The molecule has 1 fully saturated rings. The Morgan fingerprint density at radius 1 is 1.41 bits per heavy atom. The molecule has 0 spiro atoms. The molecule has 4 heteroatoms. The second-order valence-corrected chi connectivity index (χ2v) is 4.26. The Hall–Kier alpha value is -1.29. The van der Waals surface area contributed by atoms with Gasteiger partial charge >= 0.3 is 0 Å². The number of nitrogens with one attached hydrogen (secondary N) is 1. The van der Waals surface area contributed by atoms with Gasteiger partial charge in [0.15, 0.2) is 11.6 Å². The third-order valence-electron chi connectivity index (χ3n) is 2.85. The van der Waals surface area contributed by atoms with E-state index in [4.69, 9.17) is 4.74 Å². The van der Waals surface area contributed by atoms with E-state index in [0.717, 1.165) is 57.2 Å². The summed E-state index contributed by atoms with van der Waals surface area (Å²) in [5, 5.41) is 3.40. The zero-order valence-electron chi connectivity index (χ0n) is 10.5. The molecule has 0 bridgehead atoms. The van der Waals surface area contributed by atoms with Crippen LogP contribution in [-0.2, 0) is 0 Å². The Balaban J connectivity index is 2.11. The van der Waals surface area contributed by atoms with E-state index in [1.165, 1.54) is 0 Å². The maximum absolute atomic E-state index is 5.76. The molecule has 2 heterocycles. The molecule has 0 aliphatic carbocycles. The van der Waals surface area contributed by atoms with Crippen LogP contribution in [0, 0.1) is 0 Å². The predicted octanol–water partition coefficient (Wildman–Crippen LogP) is 1.67. The van der Waals surface area contributed by atoms with Crippen molar-refractivity contribution >= 4 is 5.82 Å². The monoisotopic (exact) mass is 235 g/mol. The van der Waals surface area contributed by atoms with Crippen molar-refractivity contribution in [2.75, 3.05) is 37.7 Å². The summed E-state index contributed by atoms with van der Waals surface area (Å²) in [5.41, 5.74) is 0. The van der Waals surface area contributed by atoms with Gasteiger partial charge in [-0.1, -0.05) is 6.92 Å². The van der Waals surface area contributed by atoms with Crippen LogP contribution in [0.4, 0.5) is 5.82 Å². The van der Waals surface area contributed by atoms with Gasteiger partial charge in [0, 0.05) is 25.8 Å². The first-order valence-electron chi connectivity index (χ1n) is 6.45. The molecule has 1 aliphatic heterocycles. The van der Waals surface area contributed by atoms with E-state index in [1.807, 2.05) is 18.3 Å². The van der Waals surface area contributed by atoms with E-state index in [1.54, 1.807) is 0 Å². The van der Waals surface area contributed by atoms with E-state index < -0.39 is 0 Å². The number of ether oxygens (including phenoxy) is 1. The summed E-state index contributed by atoms with van der Waals surface area (Å²) in [7, 11) is 0. The van der Waals surface area contributed by atoms with Crippen molar-refractivity contribution in [3.05, 3.63) is 18.3 Å². The lowest BCUT2D eigenvalue weighted by Gasteiger charge is -2.23. The summed E-state index contributed by atoms with van der Waals surface area (Å²) in [4.78, 5) is 6.78. The minimum absolute atomic E-state index is 0.755. The minimum Gasteiger partial charge on any atom is -0.490 e. The number of aromatic nitrogens is 1. The second-order valence-electron chi connectivity index (χ2n) is 4.26. The molecule has 1 aromatic heterocycles. The lowest BCUT2D eigenvalue weighted by Crippen LogP contribution is -2.29. The van der Waals surface area contributed by atoms with Crippen LogP contribution in [0.25, 0.3) is 0 Å². The standard InChI is InChI=1S/C13H21N3O/c1-2-11-17-12-5-3-7-15-13(12)16-9-4-6-14-8-10-16/h3,5,7,14H,2,4,6,8-11H2,1H3. The summed E-state index contributed by atoms with van der Waals surface area (Å²) >= 11 is 0. The van der Waals surface area contributed by atoms with Gasteiger partial charge in [0.1, 0.15) is 0 Å². The molecule has 17 heavy (non-hydrogen) atoms. The fourth-order valence-electron chi connectivity index (χ4n) is 2.00. The number of anilines is 1. The van der Waals surface area contributed by atoms with Crippen molar-refractivity contribution in [3.8, 4) is 5.75 Å². The van der Waals surface area contributed by atoms with Crippen molar-refractivity contribution in [2.45, 2.75) is 19.8 Å². The molecule has 0 unspecified atom stereocenters. The van der Waals surface area contributed by atoms with Crippen molar-refractivity contribution in [2.24, 2.45) is 0 Å². The van der Waals surface area contributed by atoms with Gasteiger partial charge in [-0.3, -0.25) is 0 Å². The van der Waals surface area contributed by atoms with Crippen LogP contribution in [0.1, 0.15) is 19.8 Å². The van der Waals surface area contributed by atoms with Gasteiger partial charge in [-0.15, -0.1) is 0 Å². The van der Waals surface area contributed by atoms with Gasteiger partial charge in [0.2, 0.25) is 0 Å². The van der Waals surface area contributed by atoms with Gasteiger partial charge in [-0.05, 0) is 31.5 Å². The van der Waals surface area contributed by atoms with Gasteiger partial charge in [0.05, 0.1) is 6.61 Å². The molecule has 0 radical (unpaired) electrons. The number of pyridine rings is 1. The summed E-state index contributed by atoms with van der Waals surface area (Å²) in [5.74, 6) is 1.90. The van der Waals surface area contributed by atoms with E-state index in [9.17, 15) is 0 Å². The van der Waals surface area contributed by atoms with Gasteiger partial charge in [-0.25, -0.2) is 4.98 Å². The Morgan fingerprint density at radius 2 is 2.35 bits per heavy atom. The van der Waals surface area contributed by atoms with E-state index >= 15 is 0 Å². The molecule has 4 nitrogen and oxygen atoms in total. The molecule has 0 amide bonds. The highest BCUT2D eigenvalue weighted by atomic mass is 16.5. The Morgan fingerprint density at radius 3 is 3.24 bits per heavy atom. The number of nitrogens with zero attached hydrogens (tertiary/aromatic N) is 2. The first kappa shape index (κ1) is 12.2. The topological polar surface area (TPSA) is 37.4 Å². The molecular weight excluding hydrogens is 214 g/mol. The van der Waals surface area contributed by atoms with Crippen molar-refractivity contribution in [1.82, 2.24) is 10.3 Å². The van der Waals surface area contributed by atoms with E-state index in [0.29, 0.717) is 0 Å². The van der Waals surface area contributed by atoms with Crippen molar-refractivity contribution in [3.63, 3.8) is 0 Å². The third-order valence-corrected chi connectivity index (χ3v) is 2.85. The second kappa shape index (κ2) is 6.45. The predicted molar refractivity (Wildman–Crippen MR) is 69.7 cm³/mol. The molecule has 1 N–H and O–H groups in total. The average Bonchev–Trinajstić information content (AvgIpc) is 2.65. The summed E-state index contributed by atoms with van der Waals surface area (Å²) in [6, 6.07) is 3.95. The lowest BCUT2D eigenvalue weighted by atomic mass is 10.3. The molecule has 1 saturated heterocycles. The summed E-state index contributed by atoms with van der Waals surface area (Å²) < 4.78 is 5.76. The zero-order valence-corrected chi connectivity index (χ0v) is 10.5. The Kier molecular flexibility index (Phi) is 4.62. The molecule has 94 valence electrons. The van der Waals surface area contributed by atoms with E-state index in [-0.39, 0.29) is 0 Å². The number of hydrogen-bond donors (Lipinski definition) is 1. The van der Waals surface area contributed by atoms with Crippen molar-refractivity contribution in [1.29, 1.82) is 0 Å². The fraction of sp³-hybridized carbons (Fsp3) is 0.615. The normalized spacial score (nSPS) is 16.6. The van der Waals surface area contributed by atoms with Crippen LogP contribution < -0.4 is 15.0 Å². The molecule has 2 rings (SSSR count). The van der Waals surface area contributed by atoms with Crippen LogP contribution in [0.5, 0.6) is 5.75 Å². The minimum atomic E-state index is 0.755. The molecule has 0 saturated carbocycles. The molecule has 1 aromatic rings. The van der Waals surface area contributed by atoms with Crippen LogP contribution in [0.2, 0.25) is 0 Å². The van der Waals surface area contributed by atoms with Crippen molar-refractivity contribution < 1.29 is 4.74 Å². The largest absolute Gasteiger partial charge is 0.490 e. The van der Waals surface area contributed by atoms with E-state index in [2.05, 4.69) is 22.1 Å². The highest BCUT2D eigenvalue weighted by Gasteiger charge is 2.14. The van der Waals surface area contributed by atoms with Gasteiger partial charge < -0.3 is 15.0 Å². The molecule has 1 aliphatic rings. The molecule has 0 aromatic carbocycles. The first-order chi connectivity index (χ1) is 8.42. The van der Waals surface area contributed by atoms with Gasteiger partial charge in [-0.2, -0.15) is 0 Å². The maximum atomic E-state index is 5.76. The Bertz CT molecular complexity index is 335. The quantitative estimate of drug-likeness (QED) is 0.861. The maximum Gasteiger partial charge on any atom is 0.171 e. The number of hydrogen-bond acceptors (Lipinski definition) is 4. The molecule has 0 atom stereocenters. The van der Waals surface area contributed by atoms with Gasteiger partial charge in [0.25, 0.3) is 0 Å². The third kappa shape index (κ3) is 3.33. The summed E-state index contributed by atoms with van der Waals surface area (Å²) in [6.07, 6.45) is 4.02. The summed E-state index contributed by atoms with van der Waals surface area (Å²) in [6.45, 7) is 7.03.